The Hall–Kier alpha value is -2.60. The molecule has 0 saturated carbocycles. The van der Waals surface area contributed by atoms with Gasteiger partial charge in [0.05, 0.1) is 22.7 Å². The Kier molecular flexibility index (Phi) is 5.46. The molecule has 150 valence electrons. The Labute approximate surface area is 174 Å². The minimum atomic E-state index is -0.0804. The summed E-state index contributed by atoms with van der Waals surface area (Å²) in [5.74, 6) is 0.308. The topological polar surface area (TPSA) is 55.2 Å². The normalized spacial score (nSPS) is 15.9. The number of hydrogen-bond donors (Lipinski definition) is 0. The summed E-state index contributed by atoms with van der Waals surface area (Å²) in [6.07, 6.45) is 3.15. The Balaban J connectivity index is 1.52. The largest absolute Gasteiger partial charge is 0.338 e. The van der Waals surface area contributed by atoms with E-state index in [2.05, 4.69) is 23.2 Å². The van der Waals surface area contributed by atoms with E-state index in [1.165, 1.54) is 27.5 Å². The predicted octanol–water partition coefficient (Wildman–Crippen LogP) is 3.87. The molecule has 1 aromatic heterocycles. The fourth-order valence-electron chi connectivity index (χ4n) is 4.03. The highest BCUT2D eigenvalue weighted by atomic mass is 32.2. The molecule has 1 atom stereocenters. The Morgan fingerprint density at radius 2 is 2.07 bits per heavy atom. The summed E-state index contributed by atoms with van der Waals surface area (Å²) in [6.45, 7) is 1.96. The molecule has 0 spiro atoms. The number of rotatable bonds is 4. The number of amides is 1. The van der Waals surface area contributed by atoms with Gasteiger partial charge in [-0.1, -0.05) is 47.7 Å². The summed E-state index contributed by atoms with van der Waals surface area (Å²) >= 11 is 1.32. The number of aromatic nitrogens is 2. The van der Waals surface area contributed by atoms with Crippen LogP contribution in [0.25, 0.3) is 10.9 Å². The second-order valence-electron chi connectivity index (χ2n) is 7.68. The first-order chi connectivity index (χ1) is 14.0. The maximum Gasteiger partial charge on any atom is 0.261 e. The van der Waals surface area contributed by atoms with Crippen molar-refractivity contribution >= 4 is 28.6 Å². The number of thioether (sulfide) groups is 1. The van der Waals surface area contributed by atoms with Gasteiger partial charge in [-0.3, -0.25) is 14.2 Å². The number of nitrogens with zero attached hydrogens (tertiary/aromatic N) is 3. The van der Waals surface area contributed by atoms with Crippen LogP contribution in [0, 0.1) is 6.92 Å². The van der Waals surface area contributed by atoms with Gasteiger partial charge in [0.1, 0.15) is 0 Å². The van der Waals surface area contributed by atoms with Gasteiger partial charge in [-0.05, 0) is 49.4 Å². The predicted molar refractivity (Wildman–Crippen MR) is 117 cm³/mol. The van der Waals surface area contributed by atoms with Crippen LogP contribution in [0.4, 0.5) is 0 Å². The van der Waals surface area contributed by atoms with Crippen LogP contribution in [-0.2, 0) is 18.3 Å². The first kappa shape index (κ1) is 19.7. The van der Waals surface area contributed by atoms with Gasteiger partial charge < -0.3 is 4.90 Å². The third kappa shape index (κ3) is 3.81. The second-order valence-corrected chi connectivity index (χ2v) is 8.62. The van der Waals surface area contributed by atoms with Crippen molar-refractivity contribution in [2.45, 2.75) is 37.4 Å². The standard InChI is InChI=1S/C23H25N3O2S/c1-15-11-12-19-18(13-15)22(28)26(3)23(24-19)29-14-21(27)25(2)20-10-6-8-16-7-4-5-9-17(16)20/h4-5,7,9,11-13,20H,6,8,10,14H2,1-3H3. The van der Waals surface area contributed by atoms with Crippen molar-refractivity contribution in [3.63, 3.8) is 0 Å². The lowest BCUT2D eigenvalue weighted by Crippen LogP contribution is -2.34. The molecule has 5 nitrogen and oxygen atoms in total. The van der Waals surface area contributed by atoms with E-state index in [1.807, 2.05) is 43.1 Å². The van der Waals surface area contributed by atoms with E-state index in [4.69, 9.17) is 0 Å². The fraction of sp³-hybridized carbons (Fsp3) is 0.348. The minimum absolute atomic E-state index is 0.0509. The molecule has 29 heavy (non-hydrogen) atoms. The minimum Gasteiger partial charge on any atom is -0.338 e. The van der Waals surface area contributed by atoms with Crippen molar-refractivity contribution in [3.05, 3.63) is 69.5 Å². The molecule has 0 saturated heterocycles. The van der Waals surface area contributed by atoms with Crippen LogP contribution in [0.2, 0.25) is 0 Å². The molecule has 1 heterocycles. The van der Waals surface area contributed by atoms with Crippen molar-refractivity contribution in [2.75, 3.05) is 12.8 Å². The first-order valence-corrected chi connectivity index (χ1v) is 10.9. The highest BCUT2D eigenvalue weighted by Gasteiger charge is 2.26. The maximum absolute atomic E-state index is 12.9. The van der Waals surface area contributed by atoms with Gasteiger partial charge >= 0.3 is 0 Å². The summed E-state index contributed by atoms with van der Waals surface area (Å²) in [5.41, 5.74) is 4.21. The molecular weight excluding hydrogens is 382 g/mol. The summed E-state index contributed by atoms with van der Waals surface area (Å²) < 4.78 is 1.54. The number of aryl methyl sites for hydroxylation is 2. The van der Waals surface area contributed by atoms with Crippen LogP contribution in [0.5, 0.6) is 0 Å². The van der Waals surface area contributed by atoms with Gasteiger partial charge in [0.2, 0.25) is 5.91 Å². The van der Waals surface area contributed by atoms with E-state index >= 15 is 0 Å². The van der Waals surface area contributed by atoms with Gasteiger partial charge in [-0.15, -0.1) is 0 Å². The van der Waals surface area contributed by atoms with Crippen LogP contribution in [0.1, 0.15) is 35.6 Å². The molecule has 3 aromatic rings. The SMILES string of the molecule is Cc1ccc2nc(SCC(=O)N(C)C3CCCc4ccccc43)n(C)c(=O)c2c1. The molecule has 0 fully saturated rings. The van der Waals surface area contributed by atoms with Gasteiger partial charge in [0.25, 0.3) is 5.56 Å². The average Bonchev–Trinajstić information content (AvgIpc) is 2.74. The van der Waals surface area contributed by atoms with E-state index in [0.29, 0.717) is 16.1 Å². The summed E-state index contributed by atoms with van der Waals surface area (Å²) in [7, 11) is 3.59. The first-order valence-electron chi connectivity index (χ1n) is 9.89. The average molecular weight is 408 g/mol. The fourth-order valence-corrected chi connectivity index (χ4v) is 4.92. The zero-order valence-corrected chi connectivity index (χ0v) is 17.8. The maximum atomic E-state index is 12.9. The molecule has 0 N–H and O–H groups in total. The highest BCUT2D eigenvalue weighted by molar-refractivity contribution is 7.99. The quantitative estimate of drug-likeness (QED) is 0.487. The smallest absolute Gasteiger partial charge is 0.261 e. The van der Waals surface area contributed by atoms with Gasteiger partial charge in [0.15, 0.2) is 5.16 Å². The molecule has 6 heteroatoms. The van der Waals surface area contributed by atoms with Crippen LogP contribution >= 0.6 is 11.8 Å². The lowest BCUT2D eigenvalue weighted by Gasteiger charge is -2.33. The summed E-state index contributed by atoms with van der Waals surface area (Å²) in [6, 6.07) is 14.2. The van der Waals surface area contributed by atoms with Crippen molar-refractivity contribution in [1.29, 1.82) is 0 Å². The number of carbonyl (C=O) groups excluding carboxylic acids is 1. The number of carbonyl (C=O) groups is 1. The number of hydrogen-bond acceptors (Lipinski definition) is 4. The summed E-state index contributed by atoms with van der Waals surface area (Å²) in [5, 5.41) is 1.18. The molecule has 4 rings (SSSR count). The van der Waals surface area contributed by atoms with Crippen molar-refractivity contribution < 1.29 is 4.79 Å². The number of benzene rings is 2. The van der Waals surface area contributed by atoms with Crippen LogP contribution in [0.15, 0.2) is 52.4 Å². The van der Waals surface area contributed by atoms with E-state index in [0.717, 1.165) is 24.8 Å². The molecule has 1 amide bonds. The van der Waals surface area contributed by atoms with E-state index in [9.17, 15) is 9.59 Å². The molecule has 1 unspecified atom stereocenters. The van der Waals surface area contributed by atoms with Gasteiger partial charge in [0, 0.05) is 14.1 Å². The zero-order valence-electron chi connectivity index (χ0n) is 17.0. The van der Waals surface area contributed by atoms with E-state index < -0.39 is 0 Å². The van der Waals surface area contributed by atoms with E-state index in [-0.39, 0.29) is 23.3 Å². The zero-order chi connectivity index (χ0) is 20.5. The molecule has 1 aliphatic carbocycles. The lowest BCUT2D eigenvalue weighted by atomic mass is 9.87. The Morgan fingerprint density at radius 1 is 1.28 bits per heavy atom. The number of fused-ring (bicyclic) bond motifs is 2. The van der Waals surface area contributed by atoms with Crippen molar-refractivity contribution in [1.82, 2.24) is 14.5 Å². The Morgan fingerprint density at radius 3 is 2.90 bits per heavy atom. The molecular formula is C23H25N3O2S. The van der Waals surface area contributed by atoms with Gasteiger partial charge in [-0.25, -0.2) is 4.98 Å². The lowest BCUT2D eigenvalue weighted by molar-refractivity contribution is -0.129. The van der Waals surface area contributed by atoms with Crippen LogP contribution in [-0.4, -0.2) is 33.2 Å². The van der Waals surface area contributed by atoms with Crippen molar-refractivity contribution in [3.8, 4) is 0 Å². The summed E-state index contributed by atoms with van der Waals surface area (Å²) in [4.78, 5) is 32.1. The van der Waals surface area contributed by atoms with Crippen LogP contribution in [0.3, 0.4) is 0 Å². The molecule has 2 aromatic carbocycles. The molecule has 0 radical (unpaired) electrons. The molecule has 0 bridgehead atoms. The van der Waals surface area contributed by atoms with Crippen LogP contribution < -0.4 is 5.56 Å². The molecule has 0 aliphatic heterocycles. The Bertz CT molecular complexity index is 1140. The van der Waals surface area contributed by atoms with E-state index in [1.54, 1.807) is 7.05 Å². The van der Waals surface area contributed by atoms with Crippen molar-refractivity contribution in [2.24, 2.45) is 7.05 Å². The highest BCUT2D eigenvalue weighted by Crippen LogP contribution is 2.34. The monoisotopic (exact) mass is 407 g/mol. The second kappa shape index (κ2) is 8.03. The third-order valence-corrected chi connectivity index (χ3v) is 6.73. The molecule has 1 aliphatic rings. The third-order valence-electron chi connectivity index (χ3n) is 5.71. The van der Waals surface area contributed by atoms with Gasteiger partial charge in [-0.2, -0.15) is 0 Å².